The minimum Gasteiger partial charge on any atom is -0.389 e. The highest BCUT2D eigenvalue weighted by molar-refractivity contribution is 7.92. The van der Waals surface area contributed by atoms with Gasteiger partial charge in [0.05, 0.1) is 23.2 Å². The summed E-state index contributed by atoms with van der Waals surface area (Å²) < 4.78 is 28.0. The number of rotatable bonds is 6. The number of nitrogens with zero attached hydrogens (tertiary/aromatic N) is 1. The molecule has 0 bridgehead atoms. The summed E-state index contributed by atoms with van der Waals surface area (Å²) in [5, 5.41) is 12.2. The summed E-state index contributed by atoms with van der Waals surface area (Å²) in [5.41, 5.74) is 2.01. The summed E-state index contributed by atoms with van der Waals surface area (Å²) in [5.74, 6) is 0. The Bertz CT molecular complexity index is 1070. The van der Waals surface area contributed by atoms with Crippen molar-refractivity contribution in [2.45, 2.75) is 24.8 Å². The molecule has 0 radical (unpaired) electrons. The van der Waals surface area contributed by atoms with E-state index in [1.807, 2.05) is 43.3 Å². The first-order chi connectivity index (χ1) is 12.8. The first-order valence-corrected chi connectivity index (χ1v) is 10.2. The second kappa shape index (κ2) is 7.55. The van der Waals surface area contributed by atoms with E-state index in [-0.39, 0.29) is 11.4 Å². The summed E-state index contributed by atoms with van der Waals surface area (Å²) in [6.07, 6.45) is 0.734. The van der Waals surface area contributed by atoms with Gasteiger partial charge in [-0.3, -0.25) is 4.31 Å². The average molecular weight is 381 g/mol. The SMILES string of the molecule is C=CCN(c1cc2ccccc2cc1C(C)O)S(=O)(=O)c1ccc(C)cc1. The van der Waals surface area contributed by atoms with E-state index in [2.05, 4.69) is 6.58 Å². The van der Waals surface area contributed by atoms with Crippen LogP contribution in [0.5, 0.6) is 0 Å². The van der Waals surface area contributed by atoms with E-state index >= 15 is 0 Å². The van der Waals surface area contributed by atoms with Crippen LogP contribution in [0.25, 0.3) is 10.8 Å². The number of hydrogen-bond donors (Lipinski definition) is 1. The fourth-order valence-corrected chi connectivity index (χ4v) is 4.53. The van der Waals surface area contributed by atoms with E-state index in [0.717, 1.165) is 16.3 Å². The Morgan fingerprint density at radius 3 is 2.22 bits per heavy atom. The molecule has 0 aliphatic heterocycles. The molecular weight excluding hydrogens is 358 g/mol. The molecule has 0 aliphatic carbocycles. The second-order valence-electron chi connectivity index (χ2n) is 6.57. The first kappa shape index (κ1) is 19.1. The molecule has 3 aromatic rings. The molecule has 5 heteroatoms. The van der Waals surface area contributed by atoms with Crippen LogP contribution in [0.1, 0.15) is 24.2 Å². The molecule has 0 heterocycles. The van der Waals surface area contributed by atoms with Crippen molar-refractivity contribution in [2.24, 2.45) is 0 Å². The smallest absolute Gasteiger partial charge is 0.264 e. The minimum atomic E-state index is -3.81. The van der Waals surface area contributed by atoms with Crippen molar-refractivity contribution in [1.82, 2.24) is 0 Å². The monoisotopic (exact) mass is 381 g/mol. The van der Waals surface area contributed by atoms with Gasteiger partial charge in [0, 0.05) is 5.56 Å². The Morgan fingerprint density at radius 2 is 1.67 bits per heavy atom. The van der Waals surface area contributed by atoms with Crippen LogP contribution in [-0.4, -0.2) is 20.1 Å². The van der Waals surface area contributed by atoms with Crippen molar-refractivity contribution in [2.75, 3.05) is 10.8 Å². The predicted octanol–water partition coefficient (Wildman–Crippen LogP) is 4.58. The lowest BCUT2D eigenvalue weighted by molar-refractivity contribution is 0.200. The molecule has 0 saturated carbocycles. The van der Waals surface area contributed by atoms with Crippen LogP contribution in [0.3, 0.4) is 0 Å². The zero-order valence-corrected chi connectivity index (χ0v) is 16.3. The van der Waals surface area contributed by atoms with Crippen LogP contribution < -0.4 is 4.31 Å². The Hall–Kier alpha value is -2.63. The molecule has 140 valence electrons. The molecule has 27 heavy (non-hydrogen) atoms. The standard InChI is InChI=1S/C22H23NO3S/c1-4-13-23(27(25,26)20-11-9-16(2)10-12-20)22-15-19-8-6-5-7-18(19)14-21(22)17(3)24/h4-12,14-15,17,24H,1,13H2,2-3H3. The molecule has 1 N–H and O–H groups in total. The van der Waals surface area contributed by atoms with Gasteiger partial charge in [-0.25, -0.2) is 8.42 Å². The summed E-state index contributed by atoms with van der Waals surface area (Å²) in [4.78, 5) is 0.208. The van der Waals surface area contributed by atoms with E-state index < -0.39 is 16.1 Å². The fourth-order valence-electron chi connectivity index (χ4n) is 3.08. The fraction of sp³-hybridized carbons (Fsp3) is 0.182. The van der Waals surface area contributed by atoms with Crippen molar-refractivity contribution >= 4 is 26.5 Å². The van der Waals surface area contributed by atoms with E-state index in [0.29, 0.717) is 11.3 Å². The maximum atomic E-state index is 13.3. The largest absolute Gasteiger partial charge is 0.389 e. The number of anilines is 1. The zero-order valence-electron chi connectivity index (χ0n) is 15.5. The van der Waals surface area contributed by atoms with Crippen LogP contribution in [0.15, 0.2) is 78.2 Å². The highest BCUT2D eigenvalue weighted by Crippen LogP contribution is 2.34. The maximum absolute atomic E-state index is 13.3. The summed E-state index contributed by atoms with van der Waals surface area (Å²) in [7, 11) is -3.81. The van der Waals surface area contributed by atoms with Gasteiger partial charge >= 0.3 is 0 Å². The van der Waals surface area contributed by atoms with Crippen LogP contribution in [-0.2, 0) is 10.0 Å². The molecule has 3 aromatic carbocycles. The summed E-state index contributed by atoms with van der Waals surface area (Å²) >= 11 is 0. The third-order valence-corrected chi connectivity index (χ3v) is 6.31. The molecule has 0 amide bonds. The molecule has 1 unspecified atom stereocenters. The number of aliphatic hydroxyl groups is 1. The van der Waals surface area contributed by atoms with E-state index in [4.69, 9.17) is 0 Å². The number of hydrogen-bond acceptors (Lipinski definition) is 3. The van der Waals surface area contributed by atoms with Gasteiger partial charge in [-0.2, -0.15) is 0 Å². The van der Waals surface area contributed by atoms with Crippen molar-refractivity contribution < 1.29 is 13.5 Å². The van der Waals surface area contributed by atoms with E-state index in [1.165, 1.54) is 4.31 Å². The normalized spacial score (nSPS) is 12.7. The van der Waals surface area contributed by atoms with Crippen molar-refractivity contribution in [3.63, 3.8) is 0 Å². The van der Waals surface area contributed by atoms with Crippen molar-refractivity contribution in [1.29, 1.82) is 0 Å². The van der Waals surface area contributed by atoms with Crippen LogP contribution in [0.2, 0.25) is 0 Å². The Kier molecular flexibility index (Phi) is 5.35. The van der Waals surface area contributed by atoms with Crippen molar-refractivity contribution in [3.05, 3.63) is 84.4 Å². The highest BCUT2D eigenvalue weighted by Gasteiger charge is 2.27. The number of benzene rings is 3. The molecule has 0 aromatic heterocycles. The summed E-state index contributed by atoms with van der Waals surface area (Å²) in [6, 6.07) is 18.1. The van der Waals surface area contributed by atoms with Gasteiger partial charge < -0.3 is 5.11 Å². The quantitative estimate of drug-likeness (QED) is 0.636. The summed E-state index contributed by atoms with van der Waals surface area (Å²) in [6.45, 7) is 7.37. The van der Waals surface area contributed by atoms with Gasteiger partial charge in [-0.15, -0.1) is 6.58 Å². The minimum absolute atomic E-state index is 0.105. The Balaban J connectivity index is 2.24. The lowest BCUT2D eigenvalue weighted by Gasteiger charge is -2.27. The van der Waals surface area contributed by atoms with Crippen LogP contribution >= 0.6 is 0 Å². The number of fused-ring (bicyclic) bond motifs is 1. The highest BCUT2D eigenvalue weighted by atomic mass is 32.2. The number of aryl methyl sites for hydroxylation is 1. The third-order valence-electron chi connectivity index (χ3n) is 4.52. The molecule has 0 aliphatic rings. The van der Waals surface area contributed by atoms with Gasteiger partial charge in [-0.05, 0) is 48.9 Å². The van der Waals surface area contributed by atoms with Gasteiger partial charge in [-0.1, -0.05) is 48.0 Å². The predicted molar refractivity (Wildman–Crippen MR) is 110 cm³/mol. The third kappa shape index (κ3) is 3.75. The maximum Gasteiger partial charge on any atom is 0.264 e. The number of aliphatic hydroxyl groups excluding tert-OH is 1. The molecule has 4 nitrogen and oxygen atoms in total. The van der Waals surface area contributed by atoms with Gasteiger partial charge in [0.15, 0.2) is 0 Å². The Labute approximate surface area is 160 Å². The topological polar surface area (TPSA) is 57.6 Å². The van der Waals surface area contributed by atoms with E-state index in [1.54, 1.807) is 37.3 Å². The van der Waals surface area contributed by atoms with Crippen LogP contribution in [0.4, 0.5) is 5.69 Å². The Morgan fingerprint density at radius 1 is 1.07 bits per heavy atom. The first-order valence-electron chi connectivity index (χ1n) is 8.75. The van der Waals surface area contributed by atoms with Crippen molar-refractivity contribution in [3.8, 4) is 0 Å². The van der Waals surface area contributed by atoms with E-state index in [9.17, 15) is 13.5 Å². The second-order valence-corrected chi connectivity index (χ2v) is 8.43. The molecular formula is C22H23NO3S. The molecule has 0 saturated heterocycles. The average Bonchev–Trinajstić information content (AvgIpc) is 2.65. The van der Waals surface area contributed by atoms with Gasteiger partial charge in [0.2, 0.25) is 0 Å². The number of sulfonamides is 1. The molecule has 1 atom stereocenters. The lowest BCUT2D eigenvalue weighted by Crippen LogP contribution is -2.32. The molecule has 3 rings (SSSR count). The molecule has 0 spiro atoms. The molecule has 0 fully saturated rings. The van der Waals surface area contributed by atoms with Crippen LogP contribution in [0, 0.1) is 6.92 Å². The lowest BCUT2D eigenvalue weighted by atomic mass is 10.0. The zero-order chi connectivity index (χ0) is 19.6. The van der Waals surface area contributed by atoms with Gasteiger partial charge in [0.1, 0.15) is 0 Å². The van der Waals surface area contributed by atoms with Gasteiger partial charge in [0.25, 0.3) is 10.0 Å².